The van der Waals surface area contributed by atoms with Gasteiger partial charge in [-0.25, -0.2) is 4.39 Å². The van der Waals surface area contributed by atoms with E-state index < -0.39 is 5.82 Å². The van der Waals surface area contributed by atoms with Crippen molar-refractivity contribution in [3.05, 3.63) is 52.8 Å². The fourth-order valence-corrected chi connectivity index (χ4v) is 2.06. The van der Waals surface area contributed by atoms with E-state index in [1.165, 1.54) is 18.2 Å². The normalized spacial score (nSPS) is 10.2. The molecule has 3 nitrogen and oxygen atoms in total. The van der Waals surface area contributed by atoms with Gasteiger partial charge in [0, 0.05) is 16.7 Å². The minimum Gasteiger partial charge on any atom is -0.497 e. The molecular formula is C14H12ClFN2OS. The summed E-state index contributed by atoms with van der Waals surface area (Å²) < 4.78 is 18.9. The van der Waals surface area contributed by atoms with Crippen LogP contribution >= 0.6 is 23.8 Å². The average Bonchev–Trinajstić information content (AvgIpc) is 2.42. The summed E-state index contributed by atoms with van der Waals surface area (Å²) in [5.74, 6) is 0.182. The number of anilines is 2. The van der Waals surface area contributed by atoms with Crippen LogP contribution in [0, 0.1) is 5.82 Å². The molecule has 2 aromatic rings. The molecule has 0 aromatic heterocycles. The van der Waals surface area contributed by atoms with Crippen molar-refractivity contribution in [2.24, 2.45) is 5.73 Å². The minimum atomic E-state index is -0.425. The maximum atomic E-state index is 13.8. The maximum absolute atomic E-state index is 13.8. The third-order valence-electron chi connectivity index (χ3n) is 2.69. The van der Waals surface area contributed by atoms with E-state index in [0.29, 0.717) is 22.0 Å². The van der Waals surface area contributed by atoms with Crippen molar-refractivity contribution >= 4 is 40.2 Å². The zero-order valence-corrected chi connectivity index (χ0v) is 12.2. The SMILES string of the molecule is COc1ccc(C(N)=S)c(Nc2cc(Cl)ccc2F)c1. The quantitative estimate of drug-likeness (QED) is 0.842. The van der Waals surface area contributed by atoms with E-state index in [0.717, 1.165) is 0 Å². The molecule has 0 aliphatic rings. The molecule has 0 bridgehead atoms. The molecule has 0 radical (unpaired) electrons. The van der Waals surface area contributed by atoms with Crippen LogP contribution in [0.3, 0.4) is 0 Å². The molecule has 20 heavy (non-hydrogen) atoms. The summed E-state index contributed by atoms with van der Waals surface area (Å²) in [5, 5.41) is 3.36. The van der Waals surface area contributed by atoms with Crippen LogP contribution in [0.4, 0.5) is 15.8 Å². The Labute approximate surface area is 126 Å². The van der Waals surface area contributed by atoms with Crippen molar-refractivity contribution in [2.45, 2.75) is 0 Å². The summed E-state index contributed by atoms with van der Waals surface area (Å²) in [6.07, 6.45) is 0. The zero-order valence-electron chi connectivity index (χ0n) is 10.6. The molecule has 0 amide bonds. The third kappa shape index (κ3) is 3.18. The number of nitrogens with two attached hydrogens (primary N) is 1. The monoisotopic (exact) mass is 310 g/mol. The molecule has 0 aliphatic heterocycles. The molecule has 0 atom stereocenters. The van der Waals surface area contributed by atoms with Gasteiger partial charge in [-0.2, -0.15) is 0 Å². The van der Waals surface area contributed by atoms with E-state index >= 15 is 0 Å². The summed E-state index contributed by atoms with van der Waals surface area (Å²) in [7, 11) is 1.54. The first-order chi connectivity index (χ1) is 9.51. The third-order valence-corrected chi connectivity index (χ3v) is 3.14. The molecule has 6 heteroatoms. The van der Waals surface area contributed by atoms with E-state index in [1.54, 1.807) is 25.3 Å². The van der Waals surface area contributed by atoms with Gasteiger partial charge in [0.1, 0.15) is 16.6 Å². The van der Waals surface area contributed by atoms with Crippen molar-refractivity contribution in [3.63, 3.8) is 0 Å². The Morgan fingerprint density at radius 3 is 2.65 bits per heavy atom. The van der Waals surface area contributed by atoms with Crippen LogP contribution in [0.2, 0.25) is 5.02 Å². The van der Waals surface area contributed by atoms with E-state index in [9.17, 15) is 4.39 Å². The van der Waals surface area contributed by atoms with E-state index in [1.807, 2.05) is 0 Å². The molecule has 0 spiro atoms. The topological polar surface area (TPSA) is 47.3 Å². The molecule has 0 saturated carbocycles. The molecule has 0 unspecified atom stereocenters. The zero-order chi connectivity index (χ0) is 14.7. The first kappa shape index (κ1) is 14.6. The van der Waals surface area contributed by atoms with Crippen LogP contribution in [-0.2, 0) is 0 Å². The van der Waals surface area contributed by atoms with E-state index in [2.05, 4.69) is 5.32 Å². The van der Waals surface area contributed by atoms with Crippen molar-refractivity contribution in [1.82, 2.24) is 0 Å². The second kappa shape index (κ2) is 6.07. The molecule has 0 fully saturated rings. The molecule has 0 saturated heterocycles. The second-order valence-corrected chi connectivity index (χ2v) is 4.90. The van der Waals surface area contributed by atoms with Crippen LogP contribution in [0.25, 0.3) is 0 Å². The highest BCUT2D eigenvalue weighted by Crippen LogP contribution is 2.28. The first-order valence-corrected chi connectivity index (χ1v) is 6.50. The number of thiocarbonyl (C=S) groups is 1. The lowest BCUT2D eigenvalue weighted by molar-refractivity contribution is 0.415. The Balaban J connectivity index is 2.45. The highest BCUT2D eigenvalue weighted by Gasteiger charge is 2.10. The molecule has 2 rings (SSSR count). The Bertz CT molecular complexity index is 664. The van der Waals surface area contributed by atoms with Crippen LogP contribution in [-0.4, -0.2) is 12.1 Å². The molecule has 0 heterocycles. The number of hydrogen-bond donors (Lipinski definition) is 2. The van der Waals surface area contributed by atoms with Gasteiger partial charge in [-0.3, -0.25) is 0 Å². The number of methoxy groups -OCH3 is 1. The smallest absolute Gasteiger partial charge is 0.146 e. The average molecular weight is 311 g/mol. The molecule has 104 valence electrons. The van der Waals surface area contributed by atoms with Crippen molar-refractivity contribution in [2.75, 3.05) is 12.4 Å². The number of hydrogen-bond acceptors (Lipinski definition) is 3. The number of benzene rings is 2. The standard InChI is InChI=1S/C14H12ClFN2OS/c1-19-9-3-4-10(14(17)20)12(7-9)18-13-6-8(15)2-5-11(13)16/h2-7,18H,1H3,(H2,17,20). The number of rotatable bonds is 4. The van der Waals surface area contributed by atoms with Crippen molar-refractivity contribution in [1.29, 1.82) is 0 Å². The fourth-order valence-electron chi connectivity index (χ4n) is 1.71. The summed E-state index contributed by atoms with van der Waals surface area (Å²) in [4.78, 5) is 0.206. The van der Waals surface area contributed by atoms with Crippen LogP contribution < -0.4 is 15.8 Å². The number of ether oxygens (including phenoxy) is 1. The maximum Gasteiger partial charge on any atom is 0.146 e. The highest BCUT2D eigenvalue weighted by molar-refractivity contribution is 7.80. The van der Waals surface area contributed by atoms with E-state index in [-0.39, 0.29) is 10.7 Å². The Morgan fingerprint density at radius 1 is 1.25 bits per heavy atom. The van der Waals surface area contributed by atoms with Gasteiger partial charge in [0.05, 0.1) is 18.5 Å². The summed E-state index contributed by atoms with van der Waals surface area (Å²) in [6, 6.07) is 9.38. The van der Waals surface area contributed by atoms with Gasteiger partial charge < -0.3 is 15.8 Å². The Morgan fingerprint density at radius 2 is 2.00 bits per heavy atom. The molecule has 2 aromatic carbocycles. The summed E-state index contributed by atoms with van der Waals surface area (Å²) in [5.41, 5.74) is 7.05. The van der Waals surface area contributed by atoms with Gasteiger partial charge in [0.25, 0.3) is 0 Å². The fraction of sp³-hybridized carbons (Fsp3) is 0.0714. The van der Waals surface area contributed by atoms with Gasteiger partial charge in [0.2, 0.25) is 0 Å². The summed E-state index contributed by atoms with van der Waals surface area (Å²) in [6.45, 7) is 0. The lowest BCUT2D eigenvalue weighted by atomic mass is 10.1. The second-order valence-electron chi connectivity index (χ2n) is 4.02. The molecular weight excluding hydrogens is 299 g/mol. The first-order valence-electron chi connectivity index (χ1n) is 5.71. The Hall–Kier alpha value is -1.85. The molecule has 0 aliphatic carbocycles. The van der Waals surface area contributed by atoms with Gasteiger partial charge in [0.15, 0.2) is 0 Å². The van der Waals surface area contributed by atoms with Crippen molar-refractivity contribution < 1.29 is 9.13 Å². The van der Waals surface area contributed by atoms with Gasteiger partial charge in [-0.15, -0.1) is 0 Å². The van der Waals surface area contributed by atoms with E-state index in [4.69, 9.17) is 34.3 Å². The lowest BCUT2D eigenvalue weighted by Gasteiger charge is -2.13. The van der Waals surface area contributed by atoms with Crippen LogP contribution in [0.15, 0.2) is 36.4 Å². The van der Waals surface area contributed by atoms with Gasteiger partial charge in [-0.05, 0) is 30.3 Å². The van der Waals surface area contributed by atoms with Crippen molar-refractivity contribution in [3.8, 4) is 5.75 Å². The van der Waals surface area contributed by atoms with Gasteiger partial charge in [-0.1, -0.05) is 23.8 Å². The minimum absolute atomic E-state index is 0.206. The van der Waals surface area contributed by atoms with Crippen LogP contribution in [0.5, 0.6) is 5.75 Å². The highest BCUT2D eigenvalue weighted by atomic mass is 35.5. The predicted molar refractivity (Wildman–Crippen MR) is 83.6 cm³/mol. The van der Waals surface area contributed by atoms with Crippen LogP contribution in [0.1, 0.15) is 5.56 Å². The molecule has 3 N–H and O–H groups in total. The summed E-state index contributed by atoms with van der Waals surface area (Å²) >= 11 is 10.8. The lowest BCUT2D eigenvalue weighted by Crippen LogP contribution is -2.12. The Kier molecular flexibility index (Phi) is 4.42. The largest absolute Gasteiger partial charge is 0.497 e. The van der Waals surface area contributed by atoms with Gasteiger partial charge >= 0.3 is 0 Å². The predicted octanol–water partition coefficient (Wildman–Crippen LogP) is 3.87. The number of halogens is 2. The number of nitrogens with one attached hydrogen (secondary N) is 1.